The number of phenols is 3. The molecule has 2 aliphatic heterocycles. The fourth-order valence-electron chi connectivity index (χ4n) is 11.3. The largest absolute Gasteiger partial charge is 0.507 e. The molecule has 8 rings (SSSR count). The van der Waals surface area contributed by atoms with Gasteiger partial charge in [0.15, 0.2) is 36.2 Å². The quantitative estimate of drug-likeness (QED) is 0.0144. The predicted octanol–water partition coefficient (Wildman–Crippen LogP) is 13.2. The van der Waals surface area contributed by atoms with E-state index in [1.165, 1.54) is 30.3 Å². The number of rotatable bonds is 31. The molecule has 0 amide bonds. The van der Waals surface area contributed by atoms with Crippen molar-refractivity contribution in [2.45, 2.75) is 224 Å². The van der Waals surface area contributed by atoms with Crippen molar-refractivity contribution < 1.29 is 84.1 Å². The Hall–Kier alpha value is -7.00. The summed E-state index contributed by atoms with van der Waals surface area (Å²) < 4.78 is 25.2. The molecule has 0 aliphatic carbocycles. The topological polar surface area (TPSA) is 287 Å². The molecule has 12 atom stereocenters. The van der Waals surface area contributed by atoms with E-state index < -0.39 is 49.2 Å². The molecule has 0 bridgehead atoms. The Morgan fingerprint density at radius 2 is 0.837 bits per heavy atom. The van der Waals surface area contributed by atoms with E-state index in [1.54, 1.807) is 72.8 Å². The summed E-state index contributed by atoms with van der Waals surface area (Å²) in [5.41, 5.74) is 3.84. The number of hydrogen-bond donors (Lipinski definition) is 9. The van der Waals surface area contributed by atoms with Gasteiger partial charge in [-0.15, -0.1) is 0 Å². The van der Waals surface area contributed by atoms with Gasteiger partial charge in [-0.3, -0.25) is 19.2 Å². The normalized spacial score (nSPS) is 19.8. The van der Waals surface area contributed by atoms with Crippen molar-refractivity contribution in [2.75, 3.05) is 0 Å². The molecule has 0 aromatic heterocycles. The zero-order valence-corrected chi connectivity index (χ0v) is 52.9. The minimum Gasteiger partial charge on any atom is -0.507 e. The highest BCUT2D eigenvalue weighted by atomic mass is 16.7. The van der Waals surface area contributed by atoms with Crippen LogP contribution >= 0.6 is 0 Å². The summed E-state index contributed by atoms with van der Waals surface area (Å²) in [4.78, 5) is 49.0. The van der Waals surface area contributed by atoms with Gasteiger partial charge in [0.25, 0.3) is 0 Å². The van der Waals surface area contributed by atoms with Gasteiger partial charge in [0.05, 0.1) is 77.7 Å². The SMILES string of the molecule is C.CCCC(O)CC(O)CC(O)CCCC(O)CC(O)CC.CCCC1CC(CC(O)CCCC2CC(CC)OC(c3cc(C(=O)c4ccccc4)ccc3O)O2)OC(c2cc(C(=O)c3ccccc3)ccc2O)O1.O=Cc1cc(C(=O)c2ccccc2)ccc1O. The van der Waals surface area contributed by atoms with Crippen LogP contribution in [0.5, 0.6) is 17.2 Å². The van der Waals surface area contributed by atoms with Gasteiger partial charge < -0.3 is 64.9 Å². The number of aliphatic hydroxyl groups excluding tert-OH is 6. The van der Waals surface area contributed by atoms with Crippen molar-refractivity contribution in [2.24, 2.45) is 0 Å². The first-order chi connectivity index (χ1) is 43.8. The molecule has 2 fully saturated rings. The molecule has 500 valence electrons. The van der Waals surface area contributed by atoms with E-state index in [4.69, 9.17) is 18.9 Å². The molecular formula is C75H98O17. The fourth-order valence-corrected chi connectivity index (χ4v) is 11.3. The standard InChI is InChI=1S/C44H50O9.C16H34O5.C14H10O3.CH4/c1-3-12-34-27-36(53-44(51-34)38-24-31(20-22-40(38)47)42(49)29-15-9-6-10-16-29)25-32(45)17-11-18-35-26-33(4-2)50-43(52-35)37-23-30(19-21-39(37)46)41(48)28-13-7-5-8-14-28;1-3-6-13(18)10-16(21)11-15(20)8-5-7-14(19)9-12(17)4-2;15-9-12-8-11(6-7-13(12)16)14(17)10-4-2-1-3-5-10;/h5-10,13-16,19-24,32-36,43-47H,3-4,11-12,17-18,25-27H2,1-2H3;12-21H,3-11H2,1-2H3;1-9,16H;1H4. The van der Waals surface area contributed by atoms with E-state index in [1.807, 2.05) is 63.2 Å². The summed E-state index contributed by atoms with van der Waals surface area (Å²) in [6.45, 7) is 7.98. The van der Waals surface area contributed by atoms with E-state index in [0.29, 0.717) is 134 Å². The molecule has 6 aromatic carbocycles. The lowest BCUT2D eigenvalue weighted by atomic mass is 9.96. The Morgan fingerprint density at radius 1 is 0.435 bits per heavy atom. The van der Waals surface area contributed by atoms with Crippen LogP contribution in [0, 0.1) is 0 Å². The Kier molecular flexibility index (Phi) is 32.5. The smallest absolute Gasteiger partial charge is 0.193 e. The van der Waals surface area contributed by atoms with Crippen LogP contribution in [0.2, 0.25) is 0 Å². The van der Waals surface area contributed by atoms with Gasteiger partial charge >= 0.3 is 0 Å². The first kappa shape index (κ1) is 75.7. The van der Waals surface area contributed by atoms with Crippen LogP contribution in [0.3, 0.4) is 0 Å². The second-order valence-corrected chi connectivity index (χ2v) is 23.8. The number of aromatic hydroxyl groups is 3. The van der Waals surface area contributed by atoms with E-state index in [0.717, 1.165) is 25.7 Å². The molecule has 9 N–H and O–H groups in total. The zero-order chi connectivity index (χ0) is 65.8. The fraction of sp³-hybridized carbons (Fsp3) is 0.467. The monoisotopic (exact) mass is 1270 g/mol. The third kappa shape index (κ3) is 24.2. The lowest BCUT2D eigenvalue weighted by Crippen LogP contribution is -2.36. The number of ether oxygens (including phenoxy) is 4. The number of aldehydes is 1. The number of carbonyl (C=O) groups excluding carboxylic acids is 4. The maximum absolute atomic E-state index is 13.2. The van der Waals surface area contributed by atoms with Crippen LogP contribution < -0.4 is 0 Å². The number of carbonyl (C=O) groups is 4. The Labute approximate surface area is 542 Å². The molecule has 0 radical (unpaired) electrons. The maximum atomic E-state index is 13.2. The van der Waals surface area contributed by atoms with Crippen molar-refractivity contribution in [1.29, 1.82) is 0 Å². The van der Waals surface area contributed by atoms with E-state index in [-0.39, 0.29) is 78.4 Å². The predicted molar refractivity (Wildman–Crippen MR) is 353 cm³/mol. The van der Waals surface area contributed by atoms with Crippen LogP contribution in [0.1, 0.15) is 233 Å². The maximum Gasteiger partial charge on any atom is 0.193 e. The molecule has 0 spiro atoms. The molecule has 12 unspecified atom stereocenters. The van der Waals surface area contributed by atoms with Crippen LogP contribution in [-0.4, -0.2) is 131 Å². The van der Waals surface area contributed by atoms with Crippen LogP contribution in [0.4, 0.5) is 0 Å². The highest BCUT2D eigenvalue weighted by Crippen LogP contribution is 2.40. The summed E-state index contributed by atoms with van der Waals surface area (Å²) in [5.74, 6) is -0.611. The lowest BCUT2D eigenvalue weighted by Gasteiger charge is -2.37. The molecule has 2 saturated heterocycles. The first-order valence-corrected chi connectivity index (χ1v) is 32.3. The number of hydrogen-bond acceptors (Lipinski definition) is 17. The van der Waals surface area contributed by atoms with E-state index in [9.17, 15) is 65.1 Å². The zero-order valence-electron chi connectivity index (χ0n) is 52.9. The van der Waals surface area contributed by atoms with Gasteiger partial charge in [0.1, 0.15) is 17.2 Å². The molecular weight excluding hydrogens is 1170 g/mol. The Bertz CT molecular complexity index is 3140. The van der Waals surface area contributed by atoms with Gasteiger partial charge in [-0.25, -0.2) is 0 Å². The molecule has 17 heteroatoms. The van der Waals surface area contributed by atoms with Gasteiger partial charge in [-0.1, -0.05) is 139 Å². The summed E-state index contributed by atoms with van der Waals surface area (Å²) in [5, 5.41) is 90.5. The molecule has 0 saturated carbocycles. The lowest BCUT2D eigenvalue weighted by molar-refractivity contribution is -0.254. The van der Waals surface area contributed by atoms with Gasteiger partial charge in [0.2, 0.25) is 0 Å². The summed E-state index contributed by atoms with van der Waals surface area (Å²) in [7, 11) is 0. The van der Waals surface area contributed by atoms with E-state index >= 15 is 0 Å². The van der Waals surface area contributed by atoms with Crippen LogP contribution in [0.25, 0.3) is 0 Å². The van der Waals surface area contributed by atoms with Crippen LogP contribution in [0.15, 0.2) is 146 Å². The average molecular weight is 1270 g/mol. The third-order valence-corrected chi connectivity index (χ3v) is 16.4. The summed E-state index contributed by atoms with van der Waals surface area (Å²) >= 11 is 0. The Morgan fingerprint density at radius 3 is 1.28 bits per heavy atom. The van der Waals surface area contributed by atoms with Crippen molar-refractivity contribution in [3.8, 4) is 17.2 Å². The molecule has 2 aliphatic rings. The van der Waals surface area contributed by atoms with Crippen molar-refractivity contribution in [3.05, 3.63) is 196 Å². The number of benzene rings is 6. The Balaban J connectivity index is 0.000000321. The molecule has 2 heterocycles. The van der Waals surface area contributed by atoms with Crippen molar-refractivity contribution in [3.63, 3.8) is 0 Å². The number of ketones is 3. The van der Waals surface area contributed by atoms with Gasteiger partial charge in [-0.05, 0) is 144 Å². The molecule has 92 heavy (non-hydrogen) atoms. The highest BCUT2D eigenvalue weighted by molar-refractivity contribution is 6.10. The van der Waals surface area contributed by atoms with Gasteiger partial charge in [0, 0.05) is 46.2 Å². The van der Waals surface area contributed by atoms with Crippen molar-refractivity contribution >= 4 is 23.6 Å². The van der Waals surface area contributed by atoms with Crippen LogP contribution in [-0.2, 0) is 18.9 Å². The number of aliphatic hydroxyl groups is 6. The van der Waals surface area contributed by atoms with Gasteiger partial charge in [-0.2, -0.15) is 0 Å². The average Bonchev–Trinajstić information content (AvgIpc) is 0.879. The third-order valence-electron chi connectivity index (χ3n) is 16.4. The van der Waals surface area contributed by atoms with Crippen molar-refractivity contribution in [1.82, 2.24) is 0 Å². The minimum absolute atomic E-state index is 0. The van der Waals surface area contributed by atoms with E-state index in [2.05, 4.69) is 6.92 Å². The molecule has 6 aromatic rings. The summed E-state index contributed by atoms with van der Waals surface area (Å²) in [6, 6.07) is 40.5. The summed E-state index contributed by atoms with van der Waals surface area (Å²) in [6.07, 6.45) is 5.59. The first-order valence-electron chi connectivity index (χ1n) is 32.3. The minimum atomic E-state index is -0.877. The second kappa shape index (κ2) is 39.5. The molecule has 17 nitrogen and oxygen atoms in total. The number of phenolic OH excluding ortho intramolecular Hbond substituents is 3. The second-order valence-electron chi connectivity index (χ2n) is 23.8. The highest BCUT2D eigenvalue weighted by Gasteiger charge is 2.35.